The Hall–Kier alpha value is -0.396. The van der Waals surface area contributed by atoms with E-state index in [1.54, 1.807) is 6.92 Å². The Kier molecular flexibility index (Phi) is 12.5. The maximum Gasteiger partial charge on any atom is 0.333 e. The molecule has 0 aromatic rings. The van der Waals surface area contributed by atoms with Crippen LogP contribution in [0.25, 0.3) is 0 Å². The first-order chi connectivity index (χ1) is 5.68. The standard InChI is InChI=1S/C7H14O2Si.H4OSi/c1-6(2)7(8)9-4-3-5-10;1-2/h1,3-5H2,2,10H3;1H,2H3. The maximum atomic E-state index is 10.7. The van der Waals surface area contributed by atoms with Crippen LogP contribution in [-0.4, -0.2) is 38.1 Å². The van der Waals surface area contributed by atoms with Gasteiger partial charge in [-0.2, -0.15) is 0 Å². The van der Waals surface area contributed by atoms with Gasteiger partial charge >= 0.3 is 5.97 Å². The van der Waals surface area contributed by atoms with Crippen molar-refractivity contribution in [2.45, 2.75) is 19.4 Å². The van der Waals surface area contributed by atoms with Gasteiger partial charge in [0, 0.05) is 15.8 Å². The first-order valence-corrected chi connectivity index (χ1v) is 6.26. The summed E-state index contributed by atoms with van der Waals surface area (Å²) >= 11 is 0. The normalized spacial score (nSPS) is 8.50. The van der Waals surface area contributed by atoms with Gasteiger partial charge in [0.2, 0.25) is 0 Å². The zero-order valence-electron chi connectivity index (χ0n) is 8.09. The number of rotatable bonds is 4. The van der Waals surface area contributed by atoms with Gasteiger partial charge in [-0.1, -0.05) is 12.6 Å². The molecule has 0 fully saturated rings. The fraction of sp³-hybridized carbons (Fsp3) is 0.571. The van der Waals surface area contributed by atoms with Crippen LogP contribution in [0.2, 0.25) is 6.04 Å². The molecule has 0 aromatic heterocycles. The average molecular weight is 206 g/mol. The smallest absolute Gasteiger partial charge is 0.333 e. The van der Waals surface area contributed by atoms with Crippen LogP contribution in [0, 0.1) is 0 Å². The molecule has 0 spiro atoms. The van der Waals surface area contributed by atoms with E-state index in [-0.39, 0.29) is 5.97 Å². The van der Waals surface area contributed by atoms with Crippen molar-refractivity contribution in [2.75, 3.05) is 6.61 Å². The number of carbonyl (C=O) groups excluding carboxylic acids is 1. The molecule has 12 heavy (non-hydrogen) atoms. The van der Waals surface area contributed by atoms with Gasteiger partial charge in [0.1, 0.15) is 10.5 Å². The van der Waals surface area contributed by atoms with E-state index in [0.29, 0.717) is 22.7 Å². The summed E-state index contributed by atoms with van der Waals surface area (Å²) in [6.07, 6.45) is 0.991. The molecule has 0 rings (SSSR count). The van der Waals surface area contributed by atoms with Gasteiger partial charge in [-0.3, -0.25) is 0 Å². The SMILES string of the molecule is C=C(C)C(=O)OCCC[SiH3].O[SiH3]. The zero-order chi connectivity index (χ0) is 9.98. The van der Waals surface area contributed by atoms with Crippen molar-refractivity contribution in [1.29, 1.82) is 0 Å². The van der Waals surface area contributed by atoms with Crippen LogP contribution in [0.4, 0.5) is 0 Å². The Bertz CT molecular complexity index is 137. The van der Waals surface area contributed by atoms with Crippen LogP contribution in [0.3, 0.4) is 0 Å². The Morgan fingerprint density at radius 3 is 2.42 bits per heavy atom. The Labute approximate surface area is 79.8 Å². The molecular formula is C7H18O3Si2. The third-order valence-corrected chi connectivity index (χ3v) is 1.79. The van der Waals surface area contributed by atoms with Crippen molar-refractivity contribution in [3.63, 3.8) is 0 Å². The van der Waals surface area contributed by atoms with Gasteiger partial charge in [-0.05, 0) is 13.3 Å². The van der Waals surface area contributed by atoms with Gasteiger partial charge in [-0.15, -0.1) is 0 Å². The molecule has 1 N–H and O–H groups in total. The van der Waals surface area contributed by atoms with Crippen molar-refractivity contribution < 1.29 is 14.3 Å². The molecule has 0 unspecified atom stereocenters. The van der Waals surface area contributed by atoms with Crippen LogP contribution in [0.15, 0.2) is 12.2 Å². The monoisotopic (exact) mass is 206 g/mol. The van der Waals surface area contributed by atoms with E-state index in [1.165, 1.54) is 16.3 Å². The summed E-state index contributed by atoms with van der Waals surface area (Å²) in [6.45, 7) is 5.67. The van der Waals surface area contributed by atoms with Gasteiger partial charge in [0.05, 0.1) is 6.61 Å². The van der Waals surface area contributed by atoms with Crippen LogP contribution < -0.4 is 0 Å². The first kappa shape index (κ1) is 14.1. The summed E-state index contributed by atoms with van der Waals surface area (Å²) in [7, 11) is 1.49. The minimum atomic E-state index is -0.268. The summed E-state index contributed by atoms with van der Waals surface area (Å²) in [5.74, 6) is -0.268. The van der Waals surface area contributed by atoms with Gasteiger partial charge in [0.25, 0.3) is 0 Å². The number of esters is 1. The molecule has 0 bridgehead atoms. The highest BCUT2D eigenvalue weighted by Crippen LogP contribution is 1.93. The topological polar surface area (TPSA) is 46.5 Å². The van der Waals surface area contributed by atoms with Crippen molar-refractivity contribution >= 4 is 26.7 Å². The van der Waals surface area contributed by atoms with Crippen molar-refractivity contribution in [3.8, 4) is 0 Å². The molecule has 0 aromatic carbocycles. The number of hydrogen-bond donors (Lipinski definition) is 1. The molecule has 3 nitrogen and oxygen atoms in total. The summed E-state index contributed by atoms with van der Waals surface area (Å²) in [5.41, 5.74) is 0.480. The fourth-order valence-corrected chi connectivity index (χ4v) is 0.721. The molecule has 0 amide bonds. The predicted molar refractivity (Wildman–Crippen MR) is 57.3 cm³/mol. The maximum absolute atomic E-state index is 10.7. The predicted octanol–water partition coefficient (Wildman–Crippen LogP) is -1.46. The summed E-state index contributed by atoms with van der Waals surface area (Å²) in [5, 5.41) is 0. The molecule has 0 aliphatic carbocycles. The zero-order valence-corrected chi connectivity index (χ0v) is 12.1. The first-order valence-electron chi connectivity index (χ1n) is 3.95. The van der Waals surface area contributed by atoms with Crippen LogP contribution in [0.1, 0.15) is 13.3 Å². The molecular weight excluding hydrogens is 188 g/mol. The molecule has 0 atom stereocenters. The summed E-state index contributed by atoms with van der Waals surface area (Å²) < 4.78 is 4.83. The molecule has 72 valence electrons. The van der Waals surface area contributed by atoms with Crippen LogP contribution in [-0.2, 0) is 9.53 Å². The summed E-state index contributed by atoms with van der Waals surface area (Å²) in [6, 6.07) is 1.18. The minimum Gasteiger partial charge on any atom is -0.462 e. The highest BCUT2D eigenvalue weighted by Gasteiger charge is 2.00. The lowest BCUT2D eigenvalue weighted by Gasteiger charge is -2.01. The third-order valence-electron chi connectivity index (χ3n) is 1.08. The Morgan fingerprint density at radius 1 is 1.58 bits per heavy atom. The largest absolute Gasteiger partial charge is 0.462 e. The van der Waals surface area contributed by atoms with E-state index in [2.05, 4.69) is 6.58 Å². The lowest BCUT2D eigenvalue weighted by molar-refractivity contribution is -0.138. The van der Waals surface area contributed by atoms with E-state index in [1.807, 2.05) is 0 Å². The Balaban J connectivity index is 0. The van der Waals surface area contributed by atoms with E-state index in [9.17, 15) is 4.79 Å². The highest BCUT2D eigenvalue weighted by molar-refractivity contribution is 6.08. The number of hydrogen-bond acceptors (Lipinski definition) is 3. The number of ether oxygens (including phenoxy) is 1. The minimum absolute atomic E-state index is 0.268. The van der Waals surface area contributed by atoms with E-state index in [4.69, 9.17) is 9.53 Å². The summed E-state index contributed by atoms with van der Waals surface area (Å²) in [4.78, 5) is 17.8. The van der Waals surface area contributed by atoms with E-state index in [0.717, 1.165) is 6.42 Å². The van der Waals surface area contributed by atoms with E-state index >= 15 is 0 Å². The van der Waals surface area contributed by atoms with Crippen molar-refractivity contribution in [3.05, 3.63) is 12.2 Å². The second kappa shape index (κ2) is 10.6. The highest BCUT2D eigenvalue weighted by atomic mass is 28.2. The second-order valence-electron chi connectivity index (χ2n) is 2.27. The Morgan fingerprint density at radius 2 is 2.08 bits per heavy atom. The number of carbonyl (C=O) groups is 1. The lowest BCUT2D eigenvalue weighted by atomic mass is 10.4. The second-order valence-corrected chi connectivity index (χ2v) is 3.27. The third kappa shape index (κ3) is 9.60. The fourth-order valence-electron chi connectivity index (χ4n) is 0.432. The molecule has 0 heterocycles. The molecule has 0 aliphatic rings. The molecule has 0 saturated heterocycles. The van der Waals surface area contributed by atoms with Crippen LogP contribution >= 0.6 is 0 Å². The molecule has 5 heteroatoms. The quantitative estimate of drug-likeness (QED) is 0.265. The molecule has 0 aliphatic heterocycles. The van der Waals surface area contributed by atoms with Gasteiger partial charge < -0.3 is 9.53 Å². The van der Waals surface area contributed by atoms with Gasteiger partial charge in [0.15, 0.2) is 0 Å². The molecule has 0 radical (unpaired) electrons. The van der Waals surface area contributed by atoms with E-state index < -0.39 is 0 Å². The van der Waals surface area contributed by atoms with Gasteiger partial charge in [-0.25, -0.2) is 4.79 Å². The lowest BCUT2D eigenvalue weighted by Crippen LogP contribution is -2.05. The van der Waals surface area contributed by atoms with Crippen molar-refractivity contribution in [1.82, 2.24) is 0 Å². The average Bonchev–Trinajstić information content (AvgIpc) is 2.08. The van der Waals surface area contributed by atoms with Crippen molar-refractivity contribution in [2.24, 2.45) is 0 Å². The van der Waals surface area contributed by atoms with Crippen LogP contribution in [0.5, 0.6) is 0 Å². The molecule has 0 saturated carbocycles.